The number of rotatable bonds is 3. The lowest BCUT2D eigenvalue weighted by Gasteiger charge is -2.28. The van der Waals surface area contributed by atoms with Crippen molar-refractivity contribution in [3.8, 4) is 0 Å². The standard InChI is InChI=1S/C17H18BrClN2O2S/c1-24(22,23)21-11-13-8-14(18)6-7-17(13)20-10-15(21)9-12-4-2-3-5-16(12)19/h2-8,15,20H,9-11H2,1H3. The first-order valence-corrected chi connectivity index (χ1v) is 10.6. The molecule has 3 rings (SSSR count). The van der Waals surface area contributed by atoms with Crippen molar-refractivity contribution in [2.75, 3.05) is 18.1 Å². The zero-order chi connectivity index (χ0) is 17.3. The van der Waals surface area contributed by atoms with Crippen LogP contribution in [0.2, 0.25) is 5.02 Å². The van der Waals surface area contributed by atoms with Gasteiger partial charge in [0.25, 0.3) is 0 Å². The monoisotopic (exact) mass is 428 g/mol. The van der Waals surface area contributed by atoms with Crippen molar-refractivity contribution in [1.82, 2.24) is 4.31 Å². The first-order valence-electron chi connectivity index (χ1n) is 7.57. The van der Waals surface area contributed by atoms with Crippen LogP contribution in [0.25, 0.3) is 0 Å². The molecular weight excluding hydrogens is 412 g/mol. The minimum Gasteiger partial charge on any atom is -0.383 e. The van der Waals surface area contributed by atoms with Crippen LogP contribution in [0.3, 0.4) is 0 Å². The summed E-state index contributed by atoms with van der Waals surface area (Å²) in [6, 6.07) is 13.2. The molecule has 0 spiro atoms. The Kier molecular flexibility index (Phi) is 5.20. The molecule has 0 radical (unpaired) electrons. The third-order valence-electron chi connectivity index (χ3n) is 4.17. The zero-order valence-corrected chi connectivity index (χ0v) is 16.3. The quantitative estimate of drug-likeness (QED) is 0.805. The third kappa shape index (κ3) is 3.94. The highest BCUT2D eigenvalue weighted by atomic mass is 79.9. The van der Waals surface area contributed by atoms with Crippen molar-refractivity contribution >= 4 is 43.2 Å². The molecule has 1 aliphatic heterocycles. The Morgan fingerprint density at radius 1 is 1.29 bits per heavy atom. The second kappa shape index (κ2) is 7.04. The van der Waals surface area contributed by atoms with Gasteiger partial charge >= 0.3 is 0 Å². The fourth-order valence-electron chi connectivity index (χ4n) is 2.97. The van der Waals surface area contributed by atoms with Crippen LogP contribution < -0.4 is 5.32 Å². The van der Waals surface area contributed by atoms with Gasteiger partial charge in [-0.1, -0.05) is 45.7 Å². The van der Waals surface area contributed by atoms with Crippen LogP contribution >= 0.6 is 27.5 Å². The van der Waals surface area contributed by atoms with Crippen molar-refractivity contribution in [3.63, 3.8) is 0 Å². The molecule has 0 aromatic heterocycles. The van der Waals surface area contributed by atoms with Gasteiger partial charge in [-0.15, -0.1) is 0 Å². The second-order valence-corrected chi connectivity index (χ2v) is 9.20. The Bertz CT molecular complexity index is 857. The first kappa shape index (κ1) is 17.7. The number of halogens is 2. The van der Waals surface area contributed by atoms with Crippen LogP contribution in [0.4, 0.5) is 5.69 Å². The maximum Gasteiger partial charge on any atom is 0.211 e. The molecule has 0 fully saturated rings. The lowest BCUT2D eigenvalue weighted by atomic mass is 10.1. The molecule has 0 saturated carbocycles. The summed E-state index contributed by atoms with van der Waals surface area (Å²) < 4.78 is 27.2. The molecule has 1 heterocycles. The average molecular weight is 430 g/mol. The molecule has 128 valence electrons. The molecule has 4 nitrogen and oxygen atoms in total. The highest BCUT2D eigenvalue weighted by molar-refractivity contribution is 9.10. The molecule has 1 unspecified atom stereocenters. The van der Waals surface area contributed by atoms with E-state index < -0.39 is 10.0 Å². The number of nitrogens with zero attached hydrogens (tertiary/aromatic N) is 1. The van der Waals surface area contributed by atoms with Gasteiger partial charge in [-0.25, -0.2) is 8.42 Å². The predicted molar refractivity (Wildman–Crippen MR) is 102 cm³/mol. The Morgan fingerprint density at radius 2 is 2.04 bits per heavy atom. The number of benzene rings is 2. The van der Waals surface area contributed by atoms with E-state index in [1.54, 1.807) is 4.31 Å². The number of hydrogen-bond donors (Lipinski definition) is 1. The van der Waals surface area contributed by atoms with Crippen LogP contribution in [0, 0.1) is 0 Å². The predicted octanol–water partition coefficient (Wildman–Crippen LogP) is 3.90. The van der Waals surface area contributed by atoms with Gasteiger partial charge in [-0.3, -0.25) is 0 Å². The van der Waals surface area contributed by atoms with Gasteiger partial charge in [0.2, 0.25) is 10.0 Å². The molecule has 0 amide bonds. The number of sulfonamides is 1. The molecule has 1 aliphatic rings. The summed E-state index contributed by atoms with van der Waals surface area (Å²) in [4.78, 5) is 0. The lowest BCUT2D eigenvalue weighted by molar-refractivity contribution is 0.328. The van der Waals surface area contributed by atoms with Gasteiger partial charge in [0.1, 0.15) is 0 Å². The summed E-state index contributed by atoms with van der Waals surface area (Å²) in [6.45, 7) is 0.878. The van der Waals surface area contributed by atoms with Gasteiger partial charge in [0.05, 0.1) is 6.26 Å². The molecule has 7 heteroatoms. The van der Waals surface area contributed by atoms with Gasteiger partial charge in [0, 0.05) is 34.3 Å². The maximum atomic E-state index is 12.4. The molecule has 2 aromatic rings. The third-order valence-corrected chi connectivity index (χ3v) is 6.31. The summed E-state index contributed by atoms with van der Waals surface area (Å²) in [5.74, 6) is 0. The van der Waals surface area contributed by atoms with Gasteiger partial charge in [-0.05, 0) is 41.8 Å². The van der Waals surface area contributed by atoms with Gasteiger partial charge in [0.15, 0.2) is 0 Å². The molecule has 0 saturated heterocycles. The topological polar surface area (TPSA) is 49.4 Å². The van der Waals surface area contributed by atoms with Crippen molar-refractivity contribution in [2.45, 2.75) is 19.0 Å². The van der Waals surface area contributed by atoms with Crippen LogP contribution in [-0.2, 0) is 23.0 Å². The van der Waals surface area contributed by atoms with Crippen LogP contribution in [0.15, 0.2) is 46.9 Å². The lowest BCUT2D eigenvalue weighted by Crippen LogP contribution is -2.42. The van der Waals surface area contributed by atoms with Crippen molar-refractivity contribution in [2.24, 2.45) is 0 Å². The number of hydrogen-bond acceptors (Lipinski definition) is 3. The molecule has 2 aromatic carbocycles. The van der Waals surface area contributed by atoms with E-state index in [0.717, 1.165) is 21.3 Å². The normalized spacial score (nSPS) is 18.5. The number of fused-ring (bicyclic) bond motifs is 1. The van der Waals surface area contributed by atoms with Gasteiger partial charge < -0.3 is 5.32 Å². The minimum absolute atomic E-state index is 0.203. The largest absolute Gasteiger partial charge is 0.383 e. The second-order valence-electron chi connectivity index (χ2n) is 5.94. The van der Waals surface area contributed by atoms with E-state index in [1.165, 1.54) is 6.26 Å². The first-order chi connectivity index (χ1) is 11.3. The average Bonchev–Trinajstić information content (AvgIpc) is 2.69. The molecular formula is C17H18BrClN2O2S. The summed E-state index contributed by atoms with van der Waals surface area (Å²) >= 11 is 9.71. The van der Waals surface area contributed by atoms with E-state index in [4.69, 9.17) is 11.6 Å². The van der Waals surface area contributed by atoms with Crippen LogP contribution in [-0.4, -0.2) is 31.6 Å². The Hall–Kier alpha value is -1.08. The van der Waals surface area contributed by atoms with E-state index in [9.17, 15) is 8.42 Å². The Morgan fingerprint density at radius 3 is 2.75 bits per heavy atom. The fourth-order valence-corrected chi connectivity index (χ4v) is 4.66. The summed E-state index contributed by atoms with van der Waals surface area (Å²) in [5.41, 5.74) is 2.87. The van der Waals surface area contributed by atoms with E-state index in [1.807, 2.05) is 42.5 Å². The Balaban J connectivity index is 1.95. The molecule has 24 heavy (non-hydrogen) atoms. The molecule has 0 bridgehead atoms. The van der Waals surface area contributed by atoms with Crippen molar-refractivity contribution in [1.29, 1.82) is 0 Å². The molecule has 0 aliphatic carbocycles. The van der Waals surface area contributed by atoms with E-state index in [0.29, 0.717) is 24.5 Å². The van der Waals surface area contributed by atoms with Crippen LogP contribution in [0.5, 0.6) is 0 Å². The van der Waals surface area contributed by atoms with Crippen molar-refractivity contribution < 1.29 is 8.42 Å². The van der Waals surface area contributed by atoms with E-state index in [2.05, 4.69) is 21.2 Å². The SMILES string of the molecule is CS(=O)(=O)N1Cc2cc(Br)ccc2NCC1Cc1ccccc1Cl. The summed E-state index contributed by atoms with van der Waals surface area (Å²) in [5, 5.41) is 4.04. The summed E-state index contributed by atoms with van der Waals surface area (Å²) in [6.07, 6.45) is 1.82. The molecule has 1 atom stereocenters. The van der Waals surface area contributed by atoms with Crippen molar-refractivity contribution in [3.05, 3.63) is 63.1 Å². The van der Waals surface area contributed by atoms with Gasteiger partial charge in [-0.2, -0.15) is 4.31 Å². The fraction of sp³-hybridized carbons (Fsp3) is 0.294. The smallest absolute Gasteiger partial charge is 0.211 e. The number of nitrogens with one attached hydrogen (secondary N) is 1. The van der Waals surface area contributed by atoms with E-state index in [-0.39, 0.29) is 6.04 Å². The minimum atomic E-state index is -3.35. The molecule has 1 N–H and O–H groups in total. The van der Waals surface area contributed by atoms with Crippen LogP contribution in [0.1, 0.15) is 11.1 Å². The Labute approximate surface area is 156 Å². The zero-order valence-electron chi connectivity index (χ0n) is 13.2. The summed E-state index contributed by atoms with van der Waals surface area (Å²) in [7, 11) is -3.35. The highest BCUT2D eigenvalue weighted by Crippen LogP contribution is 2.29. The maximum absolute atomic E-state index is 12.4. The highest BCUT2D eigenvalue weighted by Gasteiger charge is 2.30. The van der Waals surface area contributed by atoms with E-state index >= 15 is 0 Å². The number of anilines is 1.